The largest absolute Gasteiger partial charge is 0.481 e. The maximum absolute atomic E-state index is 10.2. The summed E-state index contributed by atoms with van der Waals surface area (Å²) >= 11 is 11.5. The first-order valence-corrected chi connectivity index (χ1v) is 4.71. The Morgan fingerprint density at radius 1 is 1.40 bits per heavy atom. The molecule has 0 radical (unpaired) electrons. The molecule has 0 aliphatic rings. The van der Waals surface area contributed by atoms with Gasteiger partial charge in [-0.2, -0.15) is 0 Å². The Bertz CT molecular complexity index is 437. The molecule has 0 atom stereocenters. The minimum Gasteiger partial charge on any atom is -0.481 e. The Kier molecular flexibility index (Phi) is 3.84. The Morgan fingerprint density at radius 2 is 1.93 bits per heavy atom. The minimum atomic E-state index is -0.977. The molecule has 0 bridgehead atoms. The molecule has 5 heteroatoms. The average Bonchev–Trinajstić information content (AvgIpc) is 2.13. The van der Waals surface area contributed by atoms with E-state index in [0.29, 0.717) is 21.3 Å². The molecule has 0 aromatic heterocycles. The summed E-state index contributed by atoms with van der Waals surface area (Å²) in [5, 5.41) is 8.99. The molecule has 0 fully saturated rings. The fourth-order valence-electron chi connectivity index (χ4n) is 0.878. The number of carbonyl (C=O) groups is 1. The van der Waals surface area contributed by atoms with Crippen molar-refractivity contribution in [2.24, 2.45) is 0 Å². The van der Waals surface area contributed by atoms with Crippen LogP contribution < -0.4 is 5.73 Å². The Balaban J connectivity index is 2.95. The van der Waals surface area contributed by atoms with Crippen molar-refractivity contribution in [3.63, 3.8) is 0 Å². The molecule has 0 aliphatic heterocycles. The van der Waals surface area contributed by atoms with Gasteiger partial charge < -0.3 is 10.8 Å². The van der Waals surface area contributed by atoms with E-state index in [4.69, 9.17) is 34.0 Å². The highest BCUT2D eigenvalue weighted by Gasteiger charge is 2.02. The highest BCUT2D eigenvalue weighted by molar-refractivity contribution is 6.39. The van der Waals surface area contributed by atoms with Gasteiger partial charge in [0, 0.05) is 5.56 Å². The van der Waals surface area contributed by atoms with Crippen molar-refractivity contribution in [1.82, 2.24) is 0 Å². The predicted octanol–water partition coefficient (Wildman–Crippen LogP) is 2.40. The first-order valence-electron chi connectivity index (χ1n) is 3.96. The van der Waals surface area contributed by atoms with E-state index >= 15 is 0 Å². The average molecular weight is 244 g/mol. The molecular weight excluding hydrogens is 237 g/mol. The zero-order chi connectivity index (χ0) is 11.4. The summed E-state index contributed by atoms with van der Waals surface area (Å²) in [6.45, 7) is 0. The Hall–Kier alpha value is -1.37. The lowest BCUT2D eigenvalue weighted by Gasteiger charge is -2.00. The molecule has 3 N–H and O–H groups in total. The second-order valence-corrected chi connectivity index (χ2v) is 3.54. The lowest BCUT2D eigenvalue weighted by molar-refractivity contribution is -0.135. The molecule has 0 aliphatic carbocycles. The van der Waals surface area contributed by atoms with Gasteiger partial charge in [-0.1, -0.05) is 35.0 Å². The van der Waals surface area contributed by atoms with Gasteiger partial charge in [0.05, 0.1) is 15.7 Å². The Labute approximate surface area is 96.8 Å². The van der Waals surface area contributed by atoms with Crippen molar-refractivity contribution in [2.45, 2.75) is 6.42 Å². The number of anilines is 1. The standard InChI is InChI=1S/C10H7Cl2NO2/c11-7-4-6(2-1-3-9(14)15)5-8(12)10(7)13/h4-5H,3,13H2,(H,14,15). The van der Waals surface area contributed by atoms with Crippen LogP contribution in [-0.4, -0.2) is 11.1 Å². The van der Waals surface area contributed by atoms with Crippen molar-refractivity contribution in [3.05, 3.63) is 27.7 Å². The van der Waals surface area contributed by atoms with Gasteiger partial charge in [0.15, 0.2) is 0 Å². The second-order valence-electron chi connectivity index (χ2n) is 2.73. The monoisotopic (exact) mass is 243 g/mol. The molecular formula is C10H7Cl2NO2. The van der Waals surface area contributed by atoms with E-state index in [1.807, 2.05) is 0 Å². The molecule has 1 aromatic rings. The van der Waals surface area contributed by atoms with E-state index in [9.17, 15) is 4.79 Å². The smallest absolute Gasteiger partial charge is 0.315 e. The number of rotatable bonds is 1. The van der Waals surface area contributed by atoms with Crippen molar-refractivity contribution in [3.8, 4) is 11.8 Å². The zero-order valence-electron chi connectivity index (χ0n) is 7.55. The molecule has 3 nitrogen and oxygen atoms in total. The number of benzene rings is 1. The van der Waals surface area contributed by atoms with Crippen LogP contribution in [0.2, 0.25) is 10.0 Å². The third kappa shape index (κ3) is 3.35. The van der Waals surface area contributed by atoms with E-state index in [1.165, 1.54) is 12.1 Å². The van der Waals surface area contributed by atoms with Gasteiger partial charge in [-0.25, -0.2) is 0 Å². The fraction of sp³-hybridized carbons (Fsp3) is 0.100. The van der Waals surface area contributed by atoms with Gasteiger partial charge in [-0.05, 0) is 12.1 Å². The van der Waals surface area contributed by atoms with Crippen LogP contribution in [0, 0.1) is 11.8 Å². The number of hydrogen-bond donors (Lipinski definition) is 2. The number of carboxylic acid groups (broad SMARTS) is 1. The quantitative estimate of drug-likeness (QED) is 0.588. The minimum absolute atomic E-state index is 0.223. The van der Waals surface area contributed by atoms with Gasteiger partial charge in [0.2, 0.25) is 0 Å². The molecule has 78 valence electrons. The van der Waals surface area contributed by atoms with Crippen LogP contribution in [0.4, 0.5) is 5.69 Å². The fourth-order valence-corrected chi connectivity index (χ4v) is 1.37. The predicted molar refractivity (Wildman–Crippen MR) is 60.0 cm³/mol. The van der Waals surface area contributed by atoms with E-state index in [-0.39, 0.29) is 6.42 Å². The number of nitrogen functional groups attached to an aromatic ring is 1. The number of carboxylic acids is 1. The summed E-state index contributed by atoms with van der Waals surface area (Å²) in [5.41, 5.74) is 6.36. The number of hydrogen-bond acceptors (Lipinski definition) is 2. The highest BCUT2D eigenvalue weighted by atomic mass is 35.5. The third-order valence-electron chi connectivity index (χ3n) is 1.55. The molecule has 0 heterocycles. The Morgan fingerprint density at radius 3 is 2.40 bits per heavy atom. The summed E-state index contributed by atoms with van der Waals surface area (Å²) in [5.74, 6) is 4.12. The van der Waals surface area contributed by atoms with Crippen molar-refractivity contribution in [2.75, 3.05) is 5.73 Å². The second kappa shape index (κ2) is 4.92. The zero-order valence-corrected chi connectivity index (χ0v) is 9.06. The van der Waals surface area contributed by atoms with Crippen LogP contribution >= 0.6 is 23.2 Å². The van der Waals surface area contributed by atoms with Crippen molar-refractivity contribution in [1.29, 1.82) is 0 Å². The molecule has 1 aromatic carbocycles. The molecule has 0 unspecified atom stereocenters. The highest BCUT2D eigenvalue weighted by Crippen LogP contribution is 2.28. The van der Waals surface area contributed by atoms with E-state index in [0.717, 1.165) is 0 Å². The number of aliphatic carboxylic acids is 1. The van der Waals surface area contributed by atoms with Crippen LogP contribution in [-0.2, 0) is 4.79 Å². The van der Waals surface area contributed by atoms with Crippen molar-refractivity contribution >= 4 is 34.9 Å². The summed E-state index contributed by atoms with van der Waals surface area (Å²) in [4.78, 5) is 10.2. The summed E-state index contributed by atoms with van der Waals surface area (Å²) < 4.78 is 0. The van der Waals surface area contributed by atoms with Gasteiger partial charge in [0.1, 0.15) is 6.42 Å². The van der Waals surface area contributed by atoms with E-state index in [2.05, 4.69) is 11.8 Å². The molecule has 0 amide bonds. The first kappa shape index (κ1) is 11.7. The normalized spacial score (nSPS) is 9.20. The molecule has 0 saturated heterocycles. The van der Waals surface area contributed by atoms with E-state index in [1.54, 1.807) is 0 Å². The van der Waals surface area contributed by atoms with Crippen molar-refractivity contribution < 1.29 is 9.90 Å². The summed E-state index contributed by atoms with van der Waals surface area (Å²) in [7, 11) is 0. The molecule has 1 rings (SSSR count). The topological polar surface area (TPSA) is 63.3 Å². The summed E-state index contributed by atoms with van der Waals surface area (Å²) in [6.07, 6.45) is -0.223. The van der Waals surface area contributed by atoms with Gasteiger partial charge in [-0.3, -0.25) is 4.79 Å². The lowest BCUT2D eigenvalue weighted by Crippen LogP contribution is -1.91. The van der Waals surface area contributed by atoms with Crippen LogP contribution in [0.3, 0.4) is 0 Å². The van der Waals surface area contributed by atoms with Crippen LogP contribution in [0.25, 0.3) is 0 Å². The number of nitrogens with two attached hydrogens (primary N) is 1. The third-order valence-corrected chi connectivity index (χ3v) is 2.18. The molecule has 15 heavy (non-hydrogen) atoms. The number of halogens is 2. The SMILES string of the molecule is Nc1c(Cl)cc(C#CCC(=O)O)cc1Cl. The van der Waals surface area contributed by atoms with Crippen LogP contribution in [0.1, 0.15) is 12.0 Å². The van der Waals surface area contributed by atoms with Crippen LogP contribution in [0.15, 0.2) is 12.1 Å². The molecule has 0 saturated carbocycles. The molecule has 0 spiro atoms. The van der Waals surface area contributed by atoms with Crippen LogP contribution in [0.5, 0.6) is 0 Å². The maximum Gasteiger partial charge on any atom is 0.315 e. The van der Waals surface area contributed by atoms with Gasteiger partial charge >= 0.3 is 5.97 Å². The van der Waals surface area contributed by atoms with E-state index < -0.39 is 5.97 Å². The first-order chi connectivity index (χ1) is 7.00. The van der Waals surface area contributed by atoms with Gasteiger partial charge in [-0.15, -0.1) is 0 Å². The van der Waals surface area contributed by atoms with Gasteiger partial charge in [0.25, 0.3) is 0 Å². The lowest BCUT2D eigenvalue weighted by atomic mass is 10.2. The summed E-state index contributed by atoms with van der Waals surface area (Å²) in [6, 6.07) is 3.08. The maximum atomic E-state index is 10.2.